The van der Waals surface area contributed by atoms with Crippen molar-refractivity contribution in [2.24, 2.45) is 0 Å². The molecule has 0 aliphatic rings. The molecule has 2 heterocycles. The van der Waals surface area contributed by atoms with Crippen molar-refractivity contribution in [1.29, 1.82) is 5.26 Å². The Balaban J connectivity index is 2.43. The number of benzene rings is 1. The summed E-state index contributed by atoms with van der Waals surface area (Å²) in [6.45, 7) is 0. The van der Waals surface area contributed by atoms with Crippen molar-refractivity contribution in [2.45, 2.75) is 6.18 Å². The van der Waals surface area contributed by atoms with E-state index in [0.717, 1.165) is 10.6 Å². The van der Waals surface area contributed by atoms with E-state index in [1.807, 2.05) is 6.07 Å². The first-order valence-corrected chi connectivity index (χ1v) is 7.04. The normalized spacial score (nSPS) is 11.3. The van der Waals surface area contributed by atoms with E-state index in [1.165, 1.54) is 37.4 Å². The van der Waals surface area contributed by atoms with E-state index in [1.54, 1.807) is 0 Å². The van der Waals surface area contributed by atoms with Gasteiger partial charge in [0.05, 0.1) is 22.7 Å². The Morgan fingerprint density at radius 3 is 2.60 bits per heavy atom. The minimum absolute atomic E-state index is 0.119. The summed E-state index contributed by atoms with van der Waals surface area (Å²) < 4.78 is 40.0. The fourth-order valence-electron chi connectivity index (χ4n) is 2.40. The molecule has 0 aliphatic carbocycles. The van der Waals surface area contributed by atoms with E-state index in [0.29, 0.717) is 0 Å². The third-order valence-corrected chi connectivity index (χ3v) is 3.50. The summed E-state index contributed by atoms with van der Waals surface area (Å²) in [5.41, 5.74) is -1.68. The molecule has 6 nitrogen and oxygen atoms in total. The first kappa shape index (κ1) is 16.4. The van der Waals surface area contributed by atoms with Crippen LogP contribution in [0.3, 0.4) is 0 Å². The summed E-state index contributed by atoms with van der Waals surface area (Å²) in [4.78, 5) is 19.8. The minimum atomic E-state index is -4.66. The van der Waals surface area contributed by atoms with Crippen LogP contribution in [-0.4, -0.2) is 21.6 Å². The van der Waals surface area contributed by atoms with Crippen LogP contribution >= 0.6 is 0 Å². The Bertz CT molecular complexity index is 1070. The van der Waals surface area contributed by atoms with Crippen LogP contribution in [0.25, 0.3) is 16.7 Å². The lowest BCUT2D eigenvalue weighted by Crippen LogP contribution is -2.24. The topological polar surface area (TPSA) is 83.6 Å². The number of alkyl halides is 3. The smallest absolute Gasteiger partial charge is 0.372 e. The second kappa shape index (κ2) is 5.90. The molecular formula is C16H10F3N5O. The summed E-state index contributed by atoms with van der Waals surface area (Å²) >= 11 is 0. The molecule has 0 unspecified atom stereocenters. The highest BCUT2D eigenvalue weighted by atomic mass is 19.4. The van der Waals surface area contributed by atoms with E-state index < -0.39 is 17.6 Å². The van der Waals surface area contributed by atoms with Crippen LogP contribution in [0.15, 0.2) is 41.2 Å². The predicted molar refractivity (Wildman–Crippen MR) is 84.4 cm³/mol. The molecule has 0 saturated carbocycles. The molecule has 0 saturated heterocycles. The highest BCUT2D eigenvalue weighted by Gasteiger charge is 2.33. The lowest BCUT2D eigenvalue weighted by Gasteiger charge is -2.14. The van der Waals surface area contributed by atoms with Gasteiger partial charge in [-0.25, -0.2) is 14.3 Å². The molecule has 1 N–H and O–H groups in total. The maximum absolute atomic E-state index is 13.0. The predicted octanol–water partition coefficient (Wildman–Crippen LogP) is 2.71. The zero-order valence-corrected chi connectivity index (χ0v) is 12.8. The first-order valence-electron chi connectivity index (χ1n) is 7.04. The molecule has 1 aromatic carbocycles. The highest BCUT2D eigenvalue weighted by Crippen LogP contribution is 2.30. The molecule has 9 heteroatoms. The number of hydrogen-bond donors (Lipinski definition) is 1. The van der Waals surface area contributed by atoms with Gasteiger partial charge in [0, 0.05) is 7.05 Å². The van der Waals surface area contributed by atoms with Crippen molar-refractivity contribution >= 4 is 16.9 Å². The fourth-order valence-corrected chi connectivity index (χ4v) is 2.40. The Kier molecular flexibility index (Phi) is 3.88. The first-order chi connectivity index (χ1) is 11.8. The van der Waals surface area contributed by atoms with Crippen molar-refractivity contribution < 1.29 is 13.2 Å². The number of pyridine rings is 1. The molecule has 0 aliphatic heterocycles. The minimum Gasteiger partial charge on any atom is -0.372 e. The molecule has 0 fully saturated rings. The SMILES string of the molecule is CNc1nc(=O)n(-c2cccc(C#N)c2)c2nc(C(F)(F)F)ccc12. The number of halogens is 3. The van der Waals surface area contributed by atoms with Crippen LogP contribution < -0.4 is 11.0 Å². The lowest BCUT2D eigenvalue weighted by atomic mass is 10.2. The molecular weight excluding hydrogens is 335 g/mol. The number of anilines is 1. The summed E-state index contributed by atoms with van der Waals surface area (Å²) in [5.74, 6) is 0.119. The van der Waals surface area contributed by atoms with Gasteiger partial charge < -0.3 is 5.32 Å². The molecule has 2 aromatic heterocycles. The Hall–Kier alpha value is -3.41. The van der Waals surface area contributed by atoms with E-state index in [2.05, 4.69) is 15.3 Å². The van der Waals surface area contributed by atoms with Gasteiger partial charge in [-0.15, -0.1) is 0 Å². The van der Waals surface area contributed by atoms with Crippen molar-refractivity contribution in [3.05, 3.63) is 58.1 Å². The second-order valence-corrected chi connectivity index (χ2v) is 5.06. The number of nitriles is 1. The van der Waals surface area contributed by atoms with E-state index in [-0.39, 0.29) is 28.1 Å². The molecule has 3 rings (SSSR count). The van der Waals surface area contributed by atoms with Crippen LogP contribution in [0, 0.1) is 11.3 Å². The van der Waals surface area contributed by atoms with Gasteiger partial charge in [0.1, 0.15) is 11.5 Å². The third-order valence-electron chi connectivity index (χ3n) is 3.50. The van der Waals surface area contributed by atoms with Crippen LogP contribution in [0.4, 0.5) is 19.0 Å². The van der Waals surface area contributed by atoms with Gasteiger partial charge >= 0.3 is 11.9 Å². The summed E-state index contributed by atoms with van der Waals surface area (Å²) in [5, 5.41) is 11.9. The standard InChI is InChI=1S/C16H10F3N5O/c1-21-13-11-5-6-12(16(17,18)19)22-14(11)24(15(25)23-13)10-4-2-3-9(7-10)8-20/h2-7H,1H3,(H,21,23,25). The number of rotatable bonds is 2. The third kappa shape index (κ3) is 2.89. The van der Waals surface area contributed by atoms with E-state index in [9.17, 15) is 18.0 Å². The summed E-state index contributed by atoms with van der Waals surface area (Å²) in [6, 6.07) is 9.84. The molecule has 3 aromatic rings. The summed E-state index contributed by atoms with van der Waals surface area (Å²) in [6.07, 6.45) is -4.66. The van der Waals surface area contributed by atoms with Crippen LogP contribution in [0.5, 0.6) is 0 Å². The molecule has 0 spiro atoms. The largest absolute Gasteiger partial charge is 0.433 e. The lowest BCUT2D eigenvalue weighted by molar-refractivity contribution is -0.141. The van der Waals surface area contributed by atoms with Gasteiger partial charge in [0.2, 0.25) is 0 Å². The van der Waals surface area contributed by atoms with Crippen LogP contribution in [0.2, 0.25) is 0 Å². The van der Waals surface area contributed by atoms with Gasteiger partial charge in [-0.3, -0.25) is 0 Å². The van der Waals surface area contributed by atoms with Gasteiger partial charge in [-0.1, -0.05) is 6.07 Å². The average Bonchev–Trinajstić information content (AvgIpc) is 2.59. The monoisotopic (exact) mass is 345 g/mol. The molecule has 0 atom stereocenters. The fraction of sp³-hybridized carbons (Fsp3) is 0.125. The zero-order chi connectivity index (χ0) is 18.2. The molecule has 0 bridgehead atoms. The molecule has 0 radical (unpaired) electrons. The van der Waals surface area contributed by atoms with E-state index in [4.69, 9.17) is 5.26 Å². The highest BCUT2D eigenvalue weighted by molar-refractivity contribution is 5.87. The van der Waals surface area contributed by atoms with Gasteiger partial charge in [-0.05, 0) is 30.3 Å². The van der Waals surface area contributed by atoms with Crippen molar-refractivity contribution in [1.82, 2.24) is 14.5 Å². The maximum Gasteiger partial charge on any atom is 0.433 e. The Morgan fingerprint density at radius 2 is 1.96 bits per heavy atom. The molecule has 25 heavy (non-hydrogen) atoms. The molecule has 0 amide bonds. The number of aromatic nitrogens is 3. The number of fused-ring (bicyclic) bond motifs is 1. The maximum atomic E-state index is 13.0. The van der Waals surface area contributed by atoms with Gasteiger partial charge in [0.15, 0.2) is 5.65 Å². The molecule has 126 valence electrons. The number of nitrogens with one attached hydrogen (secondary N) is 1. The summed E-state index contributed by atoms with van der Waals surface area (Å²) in [7, 11) is 1.50. The zero-order valence-electron chi connectivity index (χ0n) is 12.8. The number of nitrogens with zero attached hydrogens (tertiary/aromatic N) is 4. The van der Waals surface area contributed by atoms with Gasteiger partial charge in [0.25, 0.3) is 0 Å². The second-order valence-electron chi connectivity index (χ2n) is 5.06. The van der Waals surface area contributed by atoms with Crippen LogP contribution in [0.1, 0.15) is 11.3 Å². The van der Waals surface area contributed by atoms with Crippen LogP contribution in [-0.2, 0) is 6.18 Å². The van der Waals surface area contributed by atoms with Crippen molar-refractivity contribution in [3.63, 3.8) is 0 Å². The van der Waals surface area contributed by atoms with Crippen molar-refractivity contribution in [2.75, 3.05) is 12.4 Å². The Morgan fingerprint density at radius 1 is 1.20 bits per heavy atom. The van der Waals surface area contributed by atoms with Crippen molar-refractivity contribution in [3.8, 4) is 11.8 Å². The Labute approximate surface area is 139 Å². The van der Waals surface area contributed by atoms with E-state index >= 15 is 0 Å². The quantitative estimate of drug-likeness (QED) is 0.772. The average molecular weight is 345 g/mol. The number of hydrogen-bond acceptors (Lipinski definition) is 5. The van der Waals surface area contributed by atoms with Gasteiger partial charge in [-0.2, -0.15) is 23.4 Å².